The molecule has 1 aromatic carbocycles. The van der Waals surface area contributed by atoms with Crippen LogP contribution in [0.3, 0.4) is 0 Å². The third-order valence-electron chi connectivity index (χ3n) is 4.41. The number of nitrogens with zero attached hydrogens (tertiary/aromatic N) is 1. The first-order valence-corrected chi connectivity index (χ1v) is 8.57. The van der Waals surface area contributed by atoms with E-state index in [1.54, 1.807) is 0 Å². The number of carbonyl (C=O) groups is 1. The molecule has 1 aromatic rings. The third kappa shape index (κ3) is 4.69. The summed E-state index contributed by atoms with van der Waals surface area (Å²) in [5, 5.41) is 3.00. The van der Waals surface area contributed by atoms with E-state index in [4.69, 9.17) is 9.47 Å². The minimum absolute atomic E-state index is 0.0210. The first-order chi connectivity index (χ1) is 11.3. The van der Waals surface area contributed by atoms with E-state index in [9.17, 15) is 4.79 Å². The van der Waals surface area contributed by atoms with Crippen molar-refractivity contribution in [1.82, 2.24) is 10.2 Å². The number of hydrogen-bond acceptors (Lipinski definition) is 3. The molecule has 0 aromatic heterocycles. The molecule has 3 rings (SSSR count). The predicted molar refractivity (Wildman–Crippen MR) is 88.5 cm³/mol. The Balaban J connectivity index is 1.44. The first kappa shape index (κ1) is 16.3. The van der Waals surface area contributed by atoms with Gasteiger partial charge in [-0.25, -0.2) is 4.79 Å². The summed E-state index contributed by atoms with van der Waals surface area (Å²) in [6, 6.07) is 8.58. The standard InChI is InChI=1S/C18H26N2O3/c1-2-22-13-17-12-20(9-10-23-17)18(21)19-11-14-3-5-15(6-4-14)16-7-8-16/h3-6,16-17H,2,7-13H2,1H3,(H,19,21). The van der Waals surface area contributed by atoms with Crippen molar-refractivity contribution in [2.75, 3.05) is 32.9 Å². The monoisotopic (exact) mass is 318 g/mol. The number of benzene rings is 1. The molecule has 1 unspecified atom stereocenters. The van der Waals surface area contributed by atoms with Crippen molar-refractivity contribution in [2.45, 2.75) is 38.3 Å². The molecule has 5 heteroatoms. The molecule has 0 spiro atoms. The summed E-state index contributed by atoms with van der Waals surface area (Å²) in [7, 11) is 0. The molecular formula is C18H26N2O3. The van der Waals surface area contributed by atoms with Gasteiger partial charge in [0.1, 0.15) is 0 Å². The fourth-order valence-corrected chi connectivity index (χ4v) is 2.87. The van der Waals surface area contributed by atoms with Crippen molar-refractivity contribution in [3.8, 4) is 0 Å². The van der Waals surface area contributed by atoms with Gasteiger partial charge in [-0.05, 0) is 36.8 Å². The van der Waals surface area contributed by atoms with Gasteiger partial charge in [0.2, 0.25) is 0 Å². The number of urea groups is 1. The van der Waals surface area contributed by atoms with Crippen LogP contribution in [0.4, 0.5) is 4.79 Å². The molecule has 2 amide bonds. The molecule has 1 atom stereocenters. The van der Waals surface area contributed by atoms with Crippen molar-refractivity contribution in [1.29, 1.82) is 0 Å². The number of ether oxygens (including phenoxy) is 2. The molecule has 1 heterocycles. The maximum atomic E-state index is 12.3. The number of amides is 2. The van der Waals surface area contributed by atoms with Gasteiger partial charge in [0.15, 0.2) is 0 Å². The Morgan fingerprint density at radius 2 is 2.13 bits per heavy atom. The SMILES string of the molecule is CCOCC1CN(C(=O)NCc2ccc(C3CC3)cc2)CCO1. The van der Waals surface area contributed by atoms with Crippen LogP contribution in [-0.4, -0.2) is 49.9 Å². The van der Waals surface area contributed by atoms with Gasteiger partial charge in [-0.3, -0.25) is 0 Å². The molecule has 1 N–H and O–H groups in total. The van der Waals surface area contributed by atoms with Gasteiger partial charge >= 0.3 is 6.03 Å². The lowest BCUT2D eigenvalue weighted by Gasteiger charge is -2.32. The minimum atomic E-state index is -0.0268. The van der Waals surface area contributed by atoms with Gasteiger partial charge < -0.3 is 19.7 Å². The van der Waals surface area contributed by atoms with Crippen LogP contribution in [0.15, 0.2) is 24.3 Å². The Hall–Kier alpha value is -1.59. The van der Waals surface area contributed by atoms with Crippen molar-refractivity contribution in [3.05, 3.63) is 35.4 Å². The number of rotatable bonds is 6. The maximum Gasteiger partial charge on any atom is 0.317 e. The van der Waals surface area contributed by atoms with Gasteiger partial charge in [0.05, 0.1) is 25.9 Å². The minimum Gasteiger partial charge on any atom is -0.379 e. The molecule has 1 aliphatic carbocycles. The molecule has 0 bridgehead atoms. The Morgan fingerprint density at radius 3 is 2.83 bits per heavy atom. The third-order valence-corrected chi connectivity index (χ3v) is 4.41. The Morgan fingerprint density at radius 1 is 1.35 bits per heavy atom. The van der Waals surface area contributed by atoms with Crippen LogP contribution < -0.4 is 5.32 Å². The molecular weight excluding hydrogens is 292 g/mol. The van der Waals surface area contributed by atoms with E-state index < -0.39 is 0 Å². The van der Waals surface area contributed by atoms with Crippen LogP contribution in [0.1, 0.15) is 36.8 Å². The number of hydrogen-bond donors (Lipinski definition) is 1. The average molecular weight is 318 g/mol. The van der Waals surface area contributed by atoms with Crippen LogP contribution in [-0.2, 0) is 16.0 Å². The lowest BCUT2D eigenvalue weighted by atomic mass is 10.1. The van der Waals surface area contributed by atoms with Crippen LogP contribution in [0.25, 0.3) is 0 Å². The highest BCUT2D eigenvalue weighted by Crippen LogP contribution is 2.39. The van der Waals surface area contributed by atoms with Crippen LogP contribution in [0.5, 0.6) is 0 Å². The number of nitrogens with one attached hydrogen (secondary N) is 1. The van der Waals surface area contributed by atoms with Crippen LogP contribution in [0, 0.1) is 0 Å². The maximum absolute atomic E-state index is 12.3. The van der Waals surface area contributed by atoms with Gasteiger partial charge in [0.25, 0.3) is 0 Å². The zero-order valence-corrected chi connectivity index (χ0v) is 13.8. The summed E-state index contributed by atoms with van der Waals surface area (Å²) in [6.07, 6.45) is 2.61. The molecule has 1 saturated carbocycles. The second kappa shape index (κ2) is 7.79. The summed E-state index contributed by atoms with van der Waals surface area (Å²) in [5.74, 6) is 0.772. The smallest absolute Gasteiger partial charge is 0.317 e. The van der Waals surface area contributed by atoms with E-state index in [0.717, 1.165) is 11.5 Å². The lowest BCUT2D eigenvalue weighted by Crippen LogP contribution is -2.50. The highest BCUT2D eigenvalue weighted by Gasteiger charge is 2.24. The molecule has 5 nitrogen and oxygen atoms in total. The molecule has 2 fully saturated rings. The molecule has 126 valence electrons. The van der Waals surface area contributed by atoms with Gasteiger partial charge in [-0.2, -0.15) is 0 Å². The van der Waals surface area contributed by atoms with E-state index in [1.807, 2.05) is 11.8 Å². The highest BCUT2D eigenvalue weighted by atomic mass is 16.5. The van der Waals surface area contributed by atoms with E-state index in [2.05, 4.69) is 29.6 Å². The summed E-state index contributed by atoms with van der Waals surface area (Å²) in [5.41, 5.74) is 2.56. The Kier molecular flexibility index (Phi) is 5.51. The fraction of sp³-hybridized carbons (Fsp3) is 0.611. The summed E-state index contributed by atoms with van der Waals surface area (Å²) in [6.45, 7) is 5.54. The Labute approximate surface area is 137 Å². The van der Waals surface area contributed by atoms with Gasteiger partial charge in [-0.1, -0.05) is 24.3 Å². The fourth-order valence-electron chi connectivity index (χ4n) is 2.87. The topological polar surface area (TPSA) is 50.8 Å². The van der Waals surface area contributed by atoms with E-state index >= 15 is 0 Å². The molecule has 2 aliphatic rings. The number of carbonyl (C=O) groups excluding carboxylic acids is 1. The van der Waals surface area contributed by atoms with Crippen molar-refractivity contribution in [3.63, 3.8) is 0 Å². The molecule has 23 heavy (non-hydrogen) atoms. The van der Waals surface area contributed by atoms with Crippen molar-refractivity contribution < 1.29 is 14.3 Å². The average Bonchev–Trinajstić information content (AvgIpc) is 3.43. The summed E-state index contributed by atoms with van der Waals surface area (Å²) in [4.78, 5) is 14.1. The lowest BCUT2D eigenvalue weighted by molar-refractivity contribution is -0.0566. The van der Waals surface area contributed by atoms with Gasteiger partial charge in [-0.15, -0.1) is 0 Å². The zero-order chi connectivity index (χ0) is 16.1. The Bertz CT molecular complexity index is 514. The second-order valence-electron chi connectivity index (χ2n) is 6.27. The summed E-state index contributed by atoms with van der Waals surface area (Å²) < 4.78 is 11.0. The quantitative estimate of drug-likeness (QED) is 0.877. The predicted octanol–water partition coefficient (Wildman–Crippen LogP) is 2.51. The van der Waals surface area contributed by atoms with E-state index in [-0.39, 0.29) is 12.1 Å². The second-order valence-corrected chi connectivity index (χ2v) is 6.27. The largest absolute Gasteiger partial charge is 0.379 e. The van der Waals surface area contributed by atoms with E-state index in [0.29, 0.717) is 39.5 Å². The van der Waals surface area contributed by atoms with Crippen LogP contribution in [0.2, 0.25) is 0 Å². The van der Waals surface area contributed by atoms with E-state index in [1.165, 1.54) is 18.4 Å². The molecule has 1 aliphatic heterocycles. The highest BCUT2D eigenvalue weighted by molar-refractivity contribution is 5.74. The normalized spacial score (nSPS) is 21.3. The molecule has 1 saturated heterocycles. The van der Waals surface area contributed by atoms with Crippen molar-refractivity contribution >= 4 is 6.03 Å². The number of morpholine rings is 1. The summed E-state index contributed by atoms with van der Waals surface area (Å²) >= 11 is 0. The zero-order valence-electron chi connectivity index (χ0n) is 13.8. The van der Waals surface area contributed by atoms with Gasteiger partial charge in [0, 0.05) is 19.7 Å². The first-order valence-electron chi connectivity index (χ1n) is 8.57. The van der Waals surface area contributed by atoms with Crippen molar-refractivity contribution in [2.24, 2.45) is 0 Å². The van der Waals surface area contributed by atoms with Crippen LogP contribution >= 0.6 is 0 Å². The molecule has 0 radical (unpaired) electrons.